The second kappa shape index (κ2) is 11.6. The van der Waals surface area contributed by atoms with E-state index in [9.17, 15) is 4.79 Å². The van der Waals surface area contributed by atoms with Crippen molar-refractivity contribution >= 4 is 50.4 Å². The van der Waals surface area contributed by atoms with Gasteiger partial charge in [-0.15, -0.1) is 11.3 Å². The molecule has 5 rings (SSSR count). The van der Waals surface area contributed by atoms with Gasteiger partial charge in [-0.05, 0) is 68.4 Å². The van der Waals surface area contributed by atoms with Gasteiger partial charge in [0.25, 0.3) is 0 Å². The molecule has 8 heteroatoms. The van der Waals surface area contributed by atoms with Crippen molar-refractivity contribution < 1.29 is 4.79 Å². The Morgan fingerprint density at radius 3 is 2.71 bits per heavy atom. The van der Waals surface area contributed by atoms with Gasteiger partial charge in [0.15, 0.2) is 6.29 Å². The Labute approximate surface area is 214 Å². The number of aryl methyl sites for hydroxylation is 2. The summed E-state index contributed by atoms with van der Waals surface area (Å²) in [6.07, 6.45) is 7.76. The molecule has 5 aromatic rings. The predicted octanol–water partition coefficient (Wildman–Crippen LogP) is 6.34. The second-order valence-corrected chi connectivity index (χ2v) is 10.4. The number of imidazole rings is 1. The van der Waals surface area contributed by atoms with Crippen LogP contribution in [-0.4, -0.2) is 45.7 Å². The summed E-state index contributed by atoms with van der Waals surface area (Å²) in [4.78, 5) is 22.8. The maximum Gasteiger partial charge on any atom is 0.150 e. The third-order valence-corrected chi connectivity index (χ3v) is 7.92. The normalized spacial score (nSPS) is 11.2. The molecule has 4 aromatic heterocycles. The van der Waals surface area contributed by atoms with Crippen LogP contribution in [-0.2, 0) is 6.42 Å². The highest BCUT2D eigenvalue weighted by Crippen LogP contribution is 2.40. The van der Waals surface area contributed by atoms with Gasteiger partial charge in [0, 0.05) is 34.5 Å². The van der Waals surface area contributed by atoms with Crippen molar-refractivity contribution in [2.75, 3.05) is 25.9 Å². The van der Waals surface area contributed by atoms with Crippen molar-refractivity contribution in [2.45, 2.75) is 33.1 Å². The van der Waals surface area contributed by atoms with E-state index >= 15 is 0 Å². The Hall–Kier alpha value is -3.07. The molecule has 0 radical (unpaired) electrons. The van der Waals surface area contributed by atoms with E-state index in [-0.39, 0.29) is 0 Å². The van der Waals surface area contributed by atoms with Crippen molar-refractivity contribution in [3.63, 3.8) is 0 Å². The highest BCUT2D eigenvalue weighted by atomic mass is 32.1. The van der Waals surface area contributed by atoms with Crippen molar-refractivity contribution in [3.05, 3.63) is 70.4 Å². The zero-order chi connectivity index (χ0) is 24.8. The summed E-state index contributed by atoms with van der Waals surface area (Å²) in [5, 5.41) is 4.98. The lowest BCUT2D eigenvalue weighted by Gasteiger charge is -2.14. The van der Waals surface area contributed by atoms with E-state index in [4.69, 9.17) is 10.7 Å². The Balaban J connectivity index is 0.000000356. The monoisotopic (exact) mass is 505 g/mol. The number of hydrogen-bond donors (Lipinski definition) is 1. The van der Waals surface area contributed by atoms with Crippen LogP contribution in [0.2, 0.25) is 0 Å². The standard InChI is InChI=1S/C22H27N5S.C5H4OS/c1-4-12-26(3)13-7-10-18-25-19(20-22(23)24-11-14-27(18)20)21-15(2)16-8-5-6-9-17(16)28-21;6-3-5-1-2-7-4-5/h5-6,8-9,11,14H,4,7,10,12-13H2,1-3H3,(H2,23,24);1-4H. The Morgan fingerprint density at radius 1 is 1.20 bits per heavy atom. The number of anilines is 1. The van der Waals surface area contributed by atoms with E-state index in [2.05, 4.69) is 59.4 Å². The van der Waals surface area contributed by atoms with Crippen LogP contribution in [0.4, 0.5) is 5.82 Å². The fourth-order valence-electron chi connectivity index (χ4n) is 4.20. The fraction of sp³-hybridized carbons (Fsp3) is 0.296. The summed E-state index contributed by atoms with van der Waals surface area (Å²) in [5.41, 5.74) is 10.2. The lowest BCUT2D eigenvalue weighted by Crippen LogP contribution is -2.21. The van der Waals surface area contributed by atoms with Crippen LogP contribution in [0.3, 0.4) is 0 Å². The molecule has 0 bridgehead atoms. The number of fused-ring (bicyclic) bond motifs is 2. The van der Waals surface area contributed by atoms with Gasteiger partial charge in [0.1, 0.15) is 22.9 Å². The van der Waals surface area contributed by atoms with Crippen LogP contribution >= 0.6 is 22.7 Å². The SMILES string of the molecule is CCCN(C)CCCc1nc(-c2sc3ccccc3c2C)c2c(N)nccn12.O=Cc1ccsc1. The minimum absolute atomic E-state index is 0.538. The van der Waals surface area contributed by atoms with E-state index < -0.39 is 0 Å². The molecular weight excluding hydrogens is 474 g/mol. The molecule has 6 nitrogen and oxygen atoms in total. The van der Waals surface area contributed by atoms with E-state index in [0.29, 0.717) is 5.82 Å². The molecule has 0 fully saturated rings. The number of aromatic nitrogens is 3. The van der Waals surface area contributed by atoms with Crippen LogP contribution in [0.15, 0.2) is 53.5 Å². The smallest absolute Gasteiger partial charge is 0.150 e. The van der Waals surface area contributed by atoms with Gasteiger partial charge in [-0.2, -0.15) is 11.3 Å². The number of carbonyl (C=O) groups excluding carboxylic acids is 1. The van der Waals surface area contributed by atoms with Crippen LogP contribution in [0.1, 0.15) is 41.5 Å². The number of thiophene rings is 2. The van der Waals surface area contributed by atoms with Crippen molar-refractivity contribution in [1.29, 1.82) is 0 Å². The number of aldehydes is 1. The summed E-state index contributed by atoms with van der Waals surface area (Å²) in [7, 11) is 2.18. The third kappa shape index (κ3) is 5.61. The second-order valence-electron chi connectivity index (χ2n) is 8.54. The third-order valence-electron chi connectivity index (χ3n) is 5.94. The predicted molar refractivity (Wildman–Crippen MR) is 149 cm³/mol. The zero-order valence-corrected chi connectivity index (χ0v) is 22.0. The fourth-order valence-corrected chi connectivity index (χ4v) is 6.01. The number of nitrogen functional groups attached to an aromatic ring is 1. The summed E-state index contributed by atoms with van der Waals surface area (Å²) in [5.74, 6) is 1.59. The van der Waals surface area contributed by atoms with Crippen LogP contribution < -0.4 is 5.73 Å². The molecule has 35 heavy (non-hydrogen) atoms. The molecule has 182 valence electrons. The first kappa shape index (κ1) is 25.0. The number of nitrogens with zero attached hydrogens (tertiary/aromatic N) is 4. The molecule has 0 spiro atoms. The van der Waals surface area contributed by atoms with E-state index in [1.165, 1.54) is 38.3 Å². The first-order valence-electron chi connectivity index (χ1n) is 11.8. The highest BCUT2D eigenvalue weighted by molar-refractivity contribution is 7.22. The molecule has 0 saturated heterocycles. The molecule has 0 aliphatic carbocycles. The van der Waals surface area contributed by atoms with Crippen molar-refractivity contribution in [3.8, 4) is 10.6 Å². The molecule has 0 atom stereocenters. The van der Waals surface area contributed by atoms with Gasteiger partial charge in [-0.1, -0.05) is 25.1 Å². The number of carbonyl (C=O) groups is 1. The van der Waals surface area contributed by atoms with E-state index in [0.717, 1.165) is 54.8 Å². The number of hydrogen-bond acceptors (Lipinski definition) is 7. The van der Waals surface area contributed by atoms with Crippen LogP contribution in [0.5, 0.6) is 0 Å². The Bertz CT molecular complexity index is 1400. The highest BCUT2D eigenvalue weighted by Gasteiger charge is 2.20. The maximum atomic E-state index is 9.87. The molecular formula is C27H31N5OS2. The average Bonchev–Trinajstić information content (AvgIpc) is 3.59. The summed E-state index contributed by atoms with van der Waals surface area (Å²) < 4.78 is 3.41. The lowest BCUT2D eigenvalue weighted by atomic mass is 10.1. The van der Waals surface area contributed by atoms with Gasteiger partial charge >= 0.3 is 0 Å². The zero-order valence-electron chi connectivity index (χ0n) is 20.4. The van der Waals surface area contributed by atoms with Crippen molar-refractivity contribution in [2.24, 2.45) is 0 Å². The lowest BCUT2D eigenvalue weighted by molar-refractivity contribution is 0.112. The van der Waals surface area contributed by atoms with Gasteiger partial charge in [0.05, 0.1) is 4.88 Å². The van der Waals surface area contributed by atoms with Crippen LogP contribution in [0, 0.1) is 6.92 Å². The number of nitrogens with two attached hydrogens (primary N) is 1. The number of benzene rings is 1. The summed E-state index contributed by atoms with van der Waals surface area (Å²) >= 11 is 3.31. The van der Waals surface area contributed by atoms with Gasteiger partial charge < -0.3 is 10.6 Å². The topological polar surface area (TPSA) is 76.5 Å². The minimum Gasteiger partial charge on any atom is -0.382 e. The molecule has 4 heterocycles. The maximum absolute atomic E-state index is 9.87. The van der Waals surface area contributed by atoms with Gasteiger partial charge in [0.2, 0.25) is 0 Å². The van der Waals surface area contributed by atoms with Crippen LogP contribution in [0.25, 0.3) is 26.2 Å². The van der Waals surface area contributed by atoms with Gasteiger partial charge in [-0.25, -0.2) is 9.97 Å². The summed E-state index contributed by atoms with van der Waals surface area (Å²) in [6.45, 7) is 6.59. The quantitative estimate of drug-likeness (QED) is 0.249. The minimum atomic E-state index is 0.538. The molecule has 0 aliphatic heterocycles. The molecule has 0 saturated carbocycles. The first-order valence-corrected chi connectivity index (χ1v) is 13.5. The Kier molecular flexibility index (Phi) is 8.28. The average molecular weight is 506 g/mol. The molecule has 1 aromatic carbocycles. The van der Waals surface area contributed by atoms with E-state index in [1.54, 1.807) is 23.6 Å². The largest absolute Gasteiger partial charge is 0.382 e. The van der Waals surface area contributed by atoms with E-state index in [1.807, 2.05) is 17.0 Å². The Morgan fingerprint density at radius 2 is 2.03 bits per heavy atom. The molecule has 0 unspecified atom stereocenters. The van der Waals surface area contributed by atoms with Crippen molar-refractivity contribution in [1.82, 2.24) is 19.3 Å². The van der Waals surface area contributed by atoms with Gasteiger partial charge in [-0.3, -0.25) is 9.20 Å². The summed E-state index contributed by atoms with van der Waals surface area (Å²) in [6, 6.07) is 10.3. The molecule has 0 aliphatic rings. The number of rotatable bonds is 8. The molecule has 0 amide bonds. The molecule has 2 N–H and O–H groups in total. The first-order chi connectivity index (χ1) is 17.0.